The Morgan fingerprint density at radius 2 is 1.42 bits per heavy atom. The van der Waals surface area contributed by atoms with Crippen molar-refractivity contribution in [3.63, 3.8) is 0 Å². The minimum absolute atomic E-state index is 0.574. The van der Waals surface area contributed by atoms with E-state index in [2.05, 4.69) is 35.3 Å². The van der Waals surface area contributed by atoms with Gasteiger partial charge in [-0.05, 0) is 46.8 Å². The first-order valence-electron chi connectivity index (χ1n) is 8.67. The fourth-order valence-corrected chi connectivity index (χ4v) is 2.86. The van der Waals surface area contributed by atoms with Gasteiger partial charge in [-0.2, -0.15) is 0 Å². The number of ether oxygens (including phenoxy) is 1. The van der Waals surface area contributed by atoms with Gasteiger partial charge < -0.3 is 4.74 Å². The van der Waals surface area contributed by atoms with Crippen molar-refractivity contribution in [3.05, 3.63) is 108 Å². The van der Waals surface area contributed by atoms with E-state index >= 15 is 0 Å². The smallest absolute Gasteiger partial charge is 0.119 e. The number of benzene rings is 4. The molecular formula is C24H19NO. The molecule has 2 nitrogen and oxygen atoms in total. The van der Waals surface area contributed by atoms with Gasteiger partial charge >= 0.3 is 0 Å². The summed E-state index contributed by atoms with van der Waals surface area (Å²) in [5, 5.41) is 2.36. The monoisotopic (exact) mass is 337 g/mol. The number of hydrogen-bond acceptors (Lipinski definition) is 2. The van der Waals surface area contributed by atoms with E-state index in [0.29, 0.717) is 6.61 Å². The highest BCUT2D eigenvalue weighted by atomic mass is 16.5. The second kappa shape index (κ2) is 7.66. The maximum absolute atomic E-state index is 5.82. The molecule has 2 heteroatoms. The molecule has 0 amide bonds. The van der Waals surface area contributed by atoms with Gasteiger partial charge in [0, 0.05) is 11.6 Å². The van der Waals surface area contributed by atoms with Gasteiger partial charge in [0.2, 0.25) is 0 Å². The van der Waals surface area contributed by atoms with Crippen molar-refractivity contribution in [2.45, 2.75) is 6.61 Å². The largest absolute Gasteiger partial charge is 0.489 e. The molecule has 0 radical (unpaired) electrons. The summed E-state index contributed by atoms with van der Waals surface area (Å²) >= 11 is 0. The summed E-state index contributed by atoms with van der Waals surface area (Å²) in [6, 6.07) is 32.6. The number of fused-ring (bicyclic) bond motifs is 1. The van der Waals surface area contributed by atoms with Crippen LogP contribution in [0, 0.1) is 0 Å². The topological polar surface area (TPSA) is 21.6 Å². The molecule has 26 heavy (non-hydrogen) atoms. The number of rotatable bonds is 5. The molecular weight excluding hydrogens is 318 g/mol. The van der Waals surface area contributed by atoms with E-state index in [9.17, 15) is 0 Å². The fourth-order valence-electron chi connectivity index (χ4n) is 2.86. The van der Waals surface area contributed by atoms with Crippen molar-refractivity contribution in [3.8, 4) is 5.75 Å². The molecule has 126 valence electrons. The summed E-state index contributed by atoms with van der Waals surface area (Å²) in [7, 11) is 0. The van der Waals surface area contributed by atoms with Gasteiger partial charge in [-0.15, -0.1) is 0 Å². The first-order valence-corrected chi connectivity index (χ1v) is 8.67. The van der Waals surface area contributed by atoms with Crippen molar-refractivity contribution < 1.29 is 4.74 Å². The van der Waals surface area contributed by atoms with E-state index in [4.69, 9.17) is 4.74 Å². The maximum atomic E-state index is 5.82. The predicted octanol–water partition coefficient (Wildman–Crippen LogP) is 6.17. The molecule has 0 spiro atoms. The van der Waals surface area contributed by atoms with Crippen LogP contribution in [0.25, 0.3) is 10.8 Å². The standard InChI is InChI=1S/C24H19NO/c1-2-7-20(8-3-1)18-26-22-15-13-19(14-16-22)17-25-24-12-6-10-21-9-4-5-11-23(21)24/h1-17H,18H2. The van der Waals surface area contributed by atoms with Gasteiger partial charge in [0.05, 0.1) is 5.69 Å². The highest BCUT2D eigenvalue weighted by molar-refractivity contribution is 5.95. The third-order valence-electron chi connectivity index (χ3n) is 4.25. The van der Waals surface area contributed by atoms with Gasteiger partial charge in [0.15, 0.2) is 0 Å². The predicted molar refractivity (Wildman–Crippen MR) is 108 cm³/mol. The van der Waals surface area contributed by atoms with Crippen molar-refractivity contribution >= 4 is 22.7 Å². The molecule has 0 atom stereocenters. The summed E-state index contributed by atoms with van der Waals surface area (Å²) in [6.07, 6.45) is 1.89. The van der Waals surface area contributed by atoms with Gasteiger partial charge in [0.25, 0.3) is 0 Å². The van der Waals surface area contributed by atoms with E-state index in [-0.39, 0.29) is 0 Å². The van der Waals surface area contributed by atoms with E-state index in [0.717, 1.165) is 28.0 Å². The highest BCUT2D eigenvalue weighted by Crippen LogP contribution is 2.25. The Balaban J connectivity index is 1.46. The Morgan fingerprint density at radius 1 is 0.692 bits per heavy atom. The minimum atomic E-state index is 0.574. The van der Waals surface area contributed by atoms with Crippen LogP contribution in [0.5, 0.6) is 5.75 Å². The van der Waals surface area contributed by atoms with E-state index in [1.807, 2.05) is 72.9 Å². The van der Waals surface area contributed by atoms with E-state index in [1.165, 1.54) is 5.39 Å². The molecule has 0 bridgehead atoms. The van der Waals surface area contributed by atoms with E-state index in [1.54, 1.807) is 0 Å². The first kappa shape index (κ1) is 16.1. The SMILES string of the molecule is C(=Nc1cccc2ccccc12)c1ccc(OCc2ccccc2)cc1. The molecule has 0 unspecified atom stereocenters. The highest BCUT2D eigenvalue weighted by Gasteiger charge is 1.99. The Morgan fingerprint density at radius 3 is 2.27 bits per heavy atom. The fraction of sp³-hybridized carbons (Fsp3) is 0.0417. The molecule has 0 saturated carbocycles. The van der Waals surface area contributed by atoms with Crippen LogP contribution in [0.4, 0.5) is 5.69 Å². The summed E-state index contributed by atoms with van der Waals surface area (Å²) < 4.78 is 5.82. The summed E-state index contributed by atoms with van der Waals surface area (Å²) in [4.78, 5) is 4.66. The Kier molecular flexibility index (Phi) is 4.74. The number of aliphatic imine (C=N–C) groups is 1. The van der Waals surface area contributed by atoms with Gasteiger partial charge in [-0.3, -0.25) is 4.99 Å². The summed E-state index contributed by atoms with van der Waals surface area (Å²) in [5.74, 6) is 0.858. The molecule has 0 heterocycles. The lowest BCUT2D eigenvalue weighted by Crippen LogP contribution is -1.94. The lowest BCUT2D eigenvalue weighted by atomic mass is 10.1. The lowest BCUT2D eigenvalue weighted by molar-refractivity contribution is 0.306. The average Bonchev–Trinajstić information content (AvgIpc) is 2.72. The normalized spacial score (nSPS) is 11.1. The van der Waals surface area contributed by atoms with Crippen LogP contribution in [0.1, 0.15) is 11.1 Å². The number of hydrogen-bond donors (Lipinski definition) is 0. The summed E-state index contributed by atoms with van der Waals surface area (Å²) in [5.41, 5.74) is 3.19. The minimum Gasteiger partial charge on any atom is -0.489 e. The second-order valence-corrected chi connectivity index (χ2v) is 6.10. The molecule has 4 aromatic rings. The van der Waals surface area contributed by atoms with Crippen LogP contribution in [-0.4, -0.2) is 6.21 Å². The third kappa shape index (κ3) is 3.81. The van der Waals surface area contributed by atoms with Crippen molar-refractivity contribution in [2.75, 3.05) is 0 Å². The first-order chi connectivity index (χ1) is 12.9. The number of nitrogens with zero attached hydrogens (tertiary/aromatic N) is 1. The van der Waals surface area contributed by atoms with Crippen molar-refractivity contribution in [1.82, 2.24) is 0 Å². The average molecular weight is 337 g/mol. The Labute approximate surface area is 153 Å². The van der Waals surface area contributed by atoms with Crippen LogP contribution >= 0.6 is 0 Å². The zero-order valence-electron chi connectivity index (χ0n) is 14.4. The lowest BCUT2D eigenvalue weighted by Gasteiger charge is -2.06. The van der Waals surface area contributed by atoms with Crippen LogP contribution in [-0.2, 0) is 6.61 Å². The molecule has 4 aromatic carbocycles. The quantitative estimate of drug-likeness (QED) is 0.399. The maximum Gasteiger partial charge on any atom is 0.119 e. The molecule has 0 aliphatic carbocycles. The Bertz CT molecular complexity index is 1020. The van der Waals surface area contributed by atoms with Gasteiger partial charge in [-0.1, -0.05) is 66.7 Å². The van der Waals surface area contributed by atoms with Gasteiger partial charge in [-0.25, -0.2) is 0 Å². The molecule has 0 aromatic heterocycles. The van der Waals surface area contributed by atoms with Gasteiger partial charge in [0.1, 0.15) is 12.4 Å². The van der Waals surface area contributed by atoms with Crippen molar-refractivity contribution in [1.29, 1.82) is 0 Å². The molecule has 0 fully saturated rings. The van der Waals surface area contributed by atoms with Crippen LogP contribution < -0.4 is 4.74 Å². The third-order valence-corrected chi connectivity index (χ3v) is 4.25. The molecule has 0 aliphatic rings. The molecule has 0 saturated heterocycles. The van der Waals surface area contributed by atoms with Crippen LogP contribution in [0.2, 0.25) is 0 Å². The Hall–Kier alpha value is -3.39. The van der Waals surface area contributed by atoms with Crippen LogP contribution in [0.3, 0.4) is 0 Å². The molecule has 4 rings (SSSR count). The zero-order valence-corrected chi connectivity index (χ0v) is 14.4. The van der Waals surface area contributed by atoms with Crippen LogP contribution in [0.15, 0.2) is 102 Å². The molecule has 0 aliphatic heterocycles. The van der Waals surface area contributed by atoms with Crippen molar-refractivity contribution in [2.24, 2.45) is 4.99 Å². The summed E-state index contributed by atoms with van der Waals surface area (Å²) in [6.45, 7) is 0.574. The second-order valence-electron chi connectivity index (χ2n) is 6.10. The zero-order chi connectivity index (χ0) is 17.6. The van der Waals surface area contributed by atoms with E-state index < -0.39 is 0 Å². The molecule has 0 N–H and O–H groups in total.